The molecule has 4 aromatic rings. The number of carbonyl (C=O) groups is 1. The van der Waals surface area contributed by atoms with Gasteiger partial charge in [-0.15, -0.1) is 0 Å². The van der Waals surface area contributed by atoms with E-state index in [1.54, 1.807) is 27.4 Å². The maximum atomic E-state index is 12.1. The molecule has 0 aliphatic carbocycles. The fourth-order valence-corrected chi connectivity index (χ4v) is 3.85. The van der Waals surface area contributed by atoms with Gasteiger partial charge in [-0.2, -0.15) is 0 Å². The first kappa shape index (κ1) is 22.0. The van der Waals surface area contributed by atoms with Gasteiger partial charge in [0.25, 0.3) is 5.91 Å². The van der Waals surface area contributed by atoms with Crippen LogP contribution in [0.15, 0.2) is 59.1 Å². The predicted octanol–water partition coefficient (Wildman–Crippen LogP) is 4.29. The number of aromatic nitrogens is 2. The van der Waals surface area contributed by atoms with Crippen LogP contribution in [0.5, 0.6) is 17.2 Å². The normalized spacial score (nSPS) is 10.8. The number of hydrogen-bond donors (Lipinski definition) is 1. The third-order valence-corrected chi connectivity index (χ3v) is 5.53. The molecule has 1 amide bonds. The van der Waals surface area contributed by atoms with E-state index in [0.29, 0.717) is 46.5 Å². The van der Waals surface area contributed by atoms with E-state index in [9.17, 15) is 4.79 Å². The van der Waals surface area contributed by atoms with E-state index in [1.807, 2.05) is 60.0 Å². The number of amides is 1. The van der Waals surface area contributed by atoms with E-state index in [2.05, 4.69) is 5.16 Å². The summed E-state index contributed by atoms with van der Waals surface area (Å²) >= 11 is 0. The zero-order chi connectivity index (χ0) is 23.5. The molecule has 0 aliphatic heterocycles. The second-order valence-electron chi connectivity index (χ2n) is 7.46. The minimum atomic E-state index is -0.510. The van der Waals surface area contributed by atoms with Gasteiger partial charge in [0.1, 0.15) is 5.69 Å². The van der Waals surface area contributed by atoms with Gasteiger partial charge >= 0.3 is 0 Å². The van der Waals surface area contributed by atoms with Crippen molar-refractivity contribution in [3.8, 4) is 40.0 Å². The minimum Gasteiger partial charge on any atom is -0.493 e. The largest absolute Gasteiger partial charge is 0.493 e. The fourth-order valence-electron chi connectivity index (χ4n) is 3.85. The molecule has 0 atom stereocenters. The highest BCUT2D eigenvalue weighted by molar-refractivity contribution is 5.95. The molecule has 170 valence electrons. The van der Waals surface area contributed by atoms with Crippen molar-refractivity contribution in [1.29, 1.82) is 0 Å². The van der Waals surface area contributed by atoms with Crippen LogP contribution in [0.4, 0.5) is 0 Å². The number of methoxy groups -OCH3 is 3. The molecule has 0 saturated heterocycles. The molecule has 0 aliphatic rings. The summed E-state index contributed by atoms with van der Waals surface area (Å²) in [5.74, 6) is 1.71. The average Bonchev–Trinajstić information content (AvgIpc) is 3.44. The third kappa shape index (κ3) is 4.15. The van der Waals surface area contributed by atoms with Crippen LogP contribution in [0.25, 0.3) is 22.7 Å². The number of ether oxygens (including phenoxy) is 3. The number of nitrogens with two attached hydrogens (primary N) is 1. The van der Waals surface area contributed by atoms with Gasteiger partial charge in [0, 0.05) is 23.9 Å². The van der Waals surface area contributed by atoms with Crippen LogP contribution in [0.2, 0.25) is 0 Å². The van der Waals surface area contributed by atoms with Gasteiger partial charge in [-0.25, -0.2) is 0 Å². The van der Waals surface area contributed by atoms with Crippen LogP contribution in [0, 0.1) is 6.92 Å². The summed E-state index contributed by atoms with van der Waals surface area (Å²) in [7, 11) is 4.69. The molecule has 0 spiro atoms. The van der Waals surface area contributed by atoms with Crippen LogP contribution >= 0.6 is 0 Å². The lowest BCUT2D eigenvalue weighted by Gasteiger charge is -2.16. The average molecular weight is 447 g/mol. The summed E-state index contributed by atoms with van der Waals surface area (Å²) in [6.45, 7) is 2.26. The molecule has 0 radical (unpaired) electrons. The molecule has 2 aromatic heterocycles. The van der Waals surface area contributed by atoms with Crippen LogP contribution in [0.1, 0.15) is 21.6 Å². The number of rotatable bonds is 8. The topological polar surface area (TPSA) is 102 Å². The van der Waals surface area contributed by atoms with Crippen molar-refractivity contribution in [3.05, 3.63) is 71.4 Å². The SMILES string of the molecule is COc1cc(Cn2c(-c3cc(-c4ccccc4)on3)cc(C(N)=O)c2C)cc(OC)c1OC. The molecule has 33 heavy (non-hydrogen) atoms. The van der Waals surface area contributed by atoms with Gasteiger partial charge in [-0.3, -0.25) is 4.79 Å². The van der Waals surface area contributed by atoms with E-state index in [1.165, 1.54) is 0 Å². The molecule has 0 fully saturated rings. The van der Waals surface area contributed by atoms with E-state index in [0.717, 1.165) is 16.8 Å². The lowest BCUT2D eigenvalue weighted by molar-refractivity contribution is 0.0999. The lowest BCUT2D eigenvalue weighted by Crippen LogP contribution is -2.13. The summed E-state index contributed by atoms with van der Waals surface area (Å²) in [4.78, 5) is 12.1. The van der Waals surface area contributed by atoms with Crippen LogP contribution in [-0.4, -0.2) is 37.0 Å². The predicted molar refractivity (Wildman–Crippen MR) is 124 cm³/mol. The van der Waals surface area contributed by atoms with Gasteiger partial charge in [0.15, 0.2) is 17.3 Å². The molecule has 0 unspecified atom stereocenters. The Kier molecular flexibility index (Phi) is 6.08. The second-order valence-corrected chi connectivity index (χ2v) is 7.46. The Hall–Kier alpha value is -4.20. The Morgan fingerprint density at radius 1 is 1.00 bits per heavy atom. The number of hydrogen-bond acceptors (Lipinski definition) is 6. The number of primary amides is 1. The molecule has 2 N–H and O–H groups in total. The second kappa shape index (κ2) is 9.12. The maximum Gasteiger partial charge on any atom is 0.250 e. The lowest BCUT2D eigenvalue weighted by atomic mass is 10.1. The molecular weight excluding hydrogens is 422 g/mol. The monoisotopic (exact) mass is 447 g/mol. The van der Waals surface area contributed by atoms with Crippen LogP contribution in [-0.2, 0) is 6.54 Å². The van der Waals surface area contributed by atoms with Crippen molar-refractivity contribution in [3.63, 3.8) is 0 Å². The van der Waals surface area contributed by atoms with Crippen molar-refractivity contribution in [2.24, 2.45) is 5.73 Å². The minimum absolute atomic E-state index is 0.415. The molecule has 8 heteroatoms. The highest BCUT2D eigenvalue weighted by Crippen LogP contribution is 2.39. The molecule has 2 aromatic carbocycles. The highest BCUT2D eigenvalue weighted by Gasteiger charge is 2.21. The van der Waals surface area contributed by atoms with E-state index < -0.39 is 5.91 Å². The Bertz CT molecular complexity index is 1270. The standard InChI is InChI=1S/C25H25N3O5/c1-15-18(25(26)29)12-20(19-13-21(33-27-19)17-8-6-5-7-9-17)28(15)14-16-10-22(30-2)24(32-4)23(11-16)31-3/h5-13H,14H2,1-4H3,(H2,26,29). The number of nitrogens with zero attached hydrogens (tertiary/aromatic N) is 2. The Balaban J connectivity index is 1.80. The van der Waals surface area contributed by atoms with Gasteiger partial charge in [0.2, 0.25) is 5.75 Å². The smallest absolute Gasteiger partial charge is 0.250 e. The van der Waals surface area contributed by atoms with E-state index in [4.69, 9.17) is 24.5 Å². The van der Waals surface area contributed by atoms with Crippen molar-refractivity contribution in [2.75, 3.05) is 21.3 Å². The third-order valence-electron chi connectivity index (χ3n) is 5.53. The Morgan fingerprint density at radius 3 is 2.24 bits per heavy atom. The van der Waals surface area contributed by atoms with Gasteiger partial charge in [0.05, 0.1) is 32.6 Å². The maximum absolute atomic E-state index is 12.1. The van der Waals surface area contributed by atoms with Gasteiger partial charge in [-0.05, 0) is 30.7 Å². The van der Waals surface area contributed by atoms with Gasteiger partial charge in [-0.1, -0.05) is 35.5 Å². The summed E-state index contributed by atoms with van der Waals surface area (Å²) in [5.41, 5.74) is 9.87. The van der Waals surface area contributed by atoms with E-state index >= 15 is 0 Å². The zero-order valence-corrected chi connectivity index (χ0v) is 18.9. The van der Waals surface area contributed by atoms with Crippen molar-refractivity contribution in [1.82, 2.24) is 9.72 Å². The number of carbonyl (C=O) groups excluding carboxylic acids is 1. The van der Waals surface area contributed by atoms with Crippen LogP contribution < -0.4 is 19.9 Å². The molecular formula is C25H25N3O5. The van der Waals surface area contributed by atoms with Crippen molar-refractivity contribution < 1.29 is 23.5 Å². The summed E-state index contributed by atoms with van der Waals surface area (Å²) < 4.78 is 23.9. The summed E-state index contributed by atoms with van der Waals surface area (Å²) in [6, 6.07) is 17.0. The first-order chi connectivity index (χ1) is 16.0. The zero-order valence-electron chi connectivity index (χ0n) is 18.9. The van der Waals surface area contributed by atoms with Crippen LogP contribution in [0.3, 0.4) is 0 Å². The highest BCUT2D eigenvalue weighted by atomic mass is 16.5. The molecule has 0 saturated carbocycles. The fraction of sp³-hybridized carbons (Fsp3) is 0.200. The molecule has 0 bridgehead atoms. The van der Waals surface area contributed by atoms with E-state index in [-0.39, 0.29) is 0 Å². The quantitative estimate of drug-likeness (QED) is 0.432. The van der Waals surface area contributed by atoms with Crippen molar-refractivity contribution in [2.45, 2.75) is 13.5 Å². The Labute approximate surface area is 191 Å². The van der Waals surface area contributed by atoms with Gasteiger partial charge < -0.3 is 29.0 Å². The Morgan fingerprint density at radius 2 is 1.67 bits per heavy atom. The first-order valence-corrected chi connectivity index (χ1v) is 10.3. The summed E-state index contributed by atoms with van der Waals surface area (Å²) in [5, 5.41) is 4.26. The molecule has 2 heterocycles. The van der Waals surface area contributed by atoms with Crippen molar-refractivity contribution >= 4 is 5.91 Å². The molecule has 4 rings (SSSR count). The number of benzene rings is 2. The first-order valence-electron chi connectivity index (χ1n) is 10.3. The molecule has 8 nitrogen and oxygen atoms in total. The summed E-state index contributed by atoms with van der Waals surface area (Å²) in [6.07, 6.45) is 0.